The van der Waals surface area contributed by atoms with Crippen LogP contribution in [0.2, 0.25) is 0 Å². The van der Waals surface area contributed by atoms with Gasteiger partial charge in [0.1, 0.15) is 6.17 Å². The number of benzene rings is 3. The van der Waals surface area contributed by atoms with E-state index in [2.05, 4.69) is 85.8 Å². The molecule has 2 nitrogen and oxygen atoms in total. The summed E-state index contributed by atoms with van der Waals surface area (Å²) < 4.78 is 0. The summed E-state index contributed by atoms with van der Waals surface area (Å²) in [5, 5.41) is 0. The number of nitrogens with zero attached hydrogens (tertiary/aromatic N) is 1. The van der Waals surface area contributed by atoms with Gasteiger partial charge in [-0.25, -0.2) is 0 Å². The molecular formula is C25H26N2. The van der Waals surface area contributed by atoms with Crippen molar-refractivity contribution >= 4 is 5.71 Å². The zero-order valence-corrected chi connectivity index (χ0v) is 15.8. The minimum Gasteiger partial charge on any atom is -0.309 e. The highest BCUT2D eigenvalue weighted by atomic mass is 15.0. The predicted octanol–water partition coefficient (Wildman–Crippen LogP) is 5.64. The average Bonchev–Trinajstić information content (AvgIpc) is 2.74. The zero-order chi connectivity index (χ0) is 18.6. The molecule has 27 heavy (non-hydrogen) atoms. The Hall–Kier alpha value is -2.71. The van der Waals surface area contributed by atoms with Gasteiger partial charge in [0.05, 0.1) is 0 Å². The second-order valence-corrected chi connectivity index (χ2v) is 7.30. The topological polar surface area (TPSA) is 38.4 Å². The van der Waals surface area contributed by atoms with E-state index >= 15 is 0 Å². The van der Waals surface area contributed by atoms with E-state index in [0.29, 0.717) is 11.8 Å². The summed E-state index contributed by atoms with van der Waals surface area (Å²) >= 11 is 0. The monoisotopic (exact) mass is 354 g/mol. The third-order valence-corrected chi connectivity index (χ3v) is 5.70. The largest absolute Gasteiger partial charge is 0.309 e. The lowest BCUT2D eigenvalue weighted by atomic mass is 9.76. The molecule has 3 atom stereocenters. The predicted molar refractivity (Wildman–Crippen MR) is 114 cm³/mol. The zero-order valence-electron chi connectivity index (χ0n) is 15.8. The van der Waals surface area contributed by atoms with Crippen LogP contribution in [0, 0.1) is 5.92 Å². The molecule has 3 aromatic carbocycles. The first kappa shape index (κ1) is 17.7. The van der Waals surface area contributed by atoms with E-state index in [0.717, 1.165) is 18.6 Å². The van der Waals surface area contributed by atoms with E-state index in [1.54, 1.807) is 0 Å². The number of rotatable bonds is 4. The van der Waals surface area contributed by atoms with E-state index in [1.807, 2.05) is 6.07 Å². The minimum absolute atomic E-state index is 0.141. The summed E-state index contributed by atoms with van der Waals surface area (Å²) in [6.45, 7) is 2.22. The number of hydrogen-bond donors (Lipinski definition) is 1. The van der Waals surface area contributed by atoms with Crippen LogP contribution >= 0.6 is 0 Å². The maximum Gasteiger partial charge on any atom is 0.101 e. The highest BCUT2D eigenvalue weighted by Crippen LogP contribution is 2.37. The highest BCUT2D eigenvalue weighted by Gasteiger charge is 2.32. The molecule has 0 saturated heterocycles. The molecule has 0 amide bonds. The molecule has 3 unspecified atom stereocenters. The van der Waals surface area contributed by atoms with Gasteiger partial charge >= 0.3 is 0 Å². The number of hydrogen-bond acceptors (Lipinski definition) is 2. The van der Waals surface area contributed by atoms with Gasteiger partial charge in [-0.3, -0.25) is 4.99 Å². The normalized spacial score (nSPS) is 22.3. The van der Waals surface area contributed by atoms with E-state index in [9.17, 15) is 0 Å². The van der Waals surface area contributed by atoms with Crippen LogP contribution in [0.3, 0.4) is 0 Å². The van der Waals surface area contributed by atoms with Crippen LogP contribution in [0.4, 0.5) is 0 Å². The van der Waals surface area contributed by atoms with Crippen LogP contribution in [0.5, 0.6) is 0 Å². The van der Waals surface area contributed by atoms with E-state index < -0.39 is 0 Å². The Morgan fingerprint density at radius 1 is 0.778 bits per heavy atom. The molecule has 136 valence electrons. The van der Waals surface area contributed by atoms with Crippen molar-refractivity contribution in [2.75, 3.05) is 0 Å². The molecule has 0 saturated carbocycles. The van der Waals surface area contributed by atoms with Crippen LogP contribution in [0.1, 0.15) is 36.8 Å². The lowest BCUT2D eigenvalue weighted by molar-refractivity contribution is 0.335. The molecule has 0 bridgehead atoms. The molecule has 3 aromatic rings. The van der Waals surface area contributed by atoms with Crippen molar-refractivity contribution in [2.24, 2.45) is 16.6 Å². The molecule has 0 spiro atoms. The summed E-state index contributed by atoms with van der Waals surface area (Å²) in [6.07, 6.45) is 1.85. The lowest BCUT2D eigenvalue weighted by Gasteiger charge is -2.34. The number of aliphatic imine (C=N–C) groups is 1. The van der Waals surface area contributed by atoms with Crippen LogP contribution in [-0.4, -0.2) is 11.9 Å². The second-order valence-electron chi connectivity index (χ2n) is 7.30. The van der Waals surface area contributed by atoms with E-state index in [1.165, 1.54) is 22.3 Å². The van der Waals surface area contributed by atoms with E-state index in [-0.39, 0.29) is 6.17 Å². The Morgan fingerprint density at radius 2 is 1.33 bits per heavy atom. The summed E-state index contributed by atoms with van der Waals surface area (Å²) in [6, 6.07) is 30.0. The molecular weight excluding hydrogens is 328 g/mol. The molecule has 0 radical (unpaired) electrons. The quantitative estimate of drug-likeness (QED) is 0.647. The number of nitrogens with two attached hydrogens (primary N) is 1. The Balaban J connectivity index is 1.63. The van der Waals surface area contributed by atoms with Gasteiger partial charge in [0.2, 0.25) is 0 Å². The van der Waals surface area contributed by atoms with Crippen molar-refractivity contribution < 1.29 is 0 Å². The van der Waals surface area contributed by atoms with Gasteiger partial charge in [0, 0.05) is 11.6 Å². The fourth-order valence-electron chi connectivity index (χ4n) is 4.20. The molecule has 1 aliphatic rings. The van der Waals surface area contributed by atoms with Gasteiger partial charge in [-0.2, -0.15) is 0 Å². The van der Waals surface area contributed by atoms with Gasteiger partial charge in [-0.05, 0) is 41.0 Å². The van der Waals surface area contributed by atoms with Crippen LogP contribution in [0.15, 0.2) is 89.9 Å². The van der Waals surface area contributed by atoms with Gasteiger partial charge in [0.25, 0.3) is 0 Å². The summed E-state index contributed by atoms with van der Waals surface area (Å²) in [7, 11) is 0. The second kappa shape index (κ2) is 7.89. The lowest BCUT2D eigenvalue weighted by Crippen LogP contribution is -2.38. The molecule has 2 heteroatoms. The van der Waals surface area contributed by atoms with Gasteiger partial charge in [0.15, 0.2) is 0 Å². The Morgan fingerprint density at radius 3 is 1.96 bits per heavy atom. The Kier molecular flexibility index (Phi) is 5.17. The van der Waals surface area contributed by atoms with Gasteiger partial charge in [-0.15, -0.1) is 0 Å². The van der Waals surface area contributed by atoms with E-state index in [4.69, 9.17) is 10.7 Å². The van der Waals surface area contributed by atoms with Crippen molar-refractivity contribution in [3.63, 3.8) is 0 Å². The fourth-order valence-corrected chi connectivity index (χ4v) is 4.20. The van der Waals surface area contributed by atoms with Gasteiger partial charge < -0.3 is 5.73 Å². The van der Waals surface area contributed by atoms with Gasteiger partial charge in [-0.1, -0.05) is 91.9 Å². The average molecular weight is 354 g/mol. The molecule has 2 N–H and O–H groups in total. The molecule has 0 aromatic heterocycles. The van der Waals surface area contributed by atoms with Crippen LogP contribution in [-0.2, 0) is 0 Å². The summed E-state index contributed by atoms with van der Waals surface area (Å²) in [5.41, 5.74) is 12.6. The smallest absolute Gasteiger partial charge is 0.101 e. The standard InChI is InChI=1S/C25H26N2/c1-2-22-23(20-11-7-4-8-12-20)17-24(27-25(22)26)21-15-13-19(14-16-21)18-9-5-3-6-10-18/h3-16,22-23,25H,2,17,26H2,1H3. The van der Waals surface area contributed by atoms with Crippen molar-refractivity contribution in [2.45, 2.75) is 31.8 Å². The minimum atomic E-state index is -0.141. The molecule has 4 rings (SSSR count). The van der Waals surface area contributed by atoms with Crippen LogP contribution < -0.4 is 5.73 Å². The van der Waals surface area contributed by atoms with Crippen molar-refractivity contribution in [3.05, 3.63) is 96.1 Å². The molecule has 0 fully saturated rings. The first-order valence-corrected chi connectivity index (χ1v) is 9.79. The van der Waals surface area contributed by atoms with Crippen LogP contribution in [0.25, 0.3) is 11.1 Å². The molecule has 0 aliphatic carbocycles. The maximum absolute atomic E-state index is 6.48. The third kappa shape index (κ3) is 3.72. The maximum atomic E-state index is 6.48. The molecule has 1 heterocycles. The van der Waals surface area contributed by atoms with Crippen molar-refractivity contribution in [1.29, 1.82) is 0 Å². The Bertz CT molecular complexity index is 898. The highest BCUT2D eigenvalue weighted by molar-refractivity contribution is 6.02. The summed E-state index contributed by atoms with van der Waals surface area (Å²) in [5.74, 6) is 0.812. The first-order valence-electron chi connectivity index (χ1n) is 9.79. The van der Waals surface area contributed by atoms with Crippen molar-refractivity contribution in [3.8, 4) is 11.1 Å². The SMILES string of the molecule is CCC1C(N)N=C(c2ccc(-c3ccccc3)cc2)CC1c1ccccc1. The molecule has 1 aliphatic heterocycles. The third-order valence-electron chi connectivity index (χ3n) is 5.70. The Labute approximate surface area is 161 Å². The summed E-state index contributed by atoms with van der Waals surface area (Å²) in [4.78, 5) is 4.88. The first-order chi connectivity index (χ1) is 13.3. The fraction of sp³-hybridized carbons (Fsp3) is 0.240. The van der Waals surface area contributed by atoms with Crippen molar-refractivity contribution in [1.82, 2.24) is 0 Å².